The van der Waals surface area contributed by atoms with Crippen LogP contribution in [0.3, 0.4) is 0 Å². The zero-order valence-corrected chi connectivity index (χ0v) is 9.50. The maximum atomic E-state index is 11.8. The van der Waals surface area contributed by atoms with Gasteiger partial charge in [0, 0.05) is 24.8 Å². The van der Waals surface area contributed by atoms with Crippen molar-refractivity contribution >= 4 is 5.91 Å². The summed E-state index contributed by atoms with van der Waals surface area (Å²) in [6.45, 7) is 1.78. The standard InChI is InChI=1S/C13H13N3O/c1-13(12(14)17,10-4-2-6-15-8-10)11-5-3-7-16-9-11/h2-9H,1H3,(H2,14,17). The molecule has 0 aliphatic heterocycles. The first-order chi connectivity index (χ1) is 8.15. The van der Waals surface area contributed by atoms with Crippen LogP contribution in [0.15, 0.2) is 49.1 Å². The van der Waals surface area contributed by atoms with Gasteiger partial charge in [0.05, 0.1) is 5.41 Å². The van der Waals surface area contributed by atoms with E-state index in [1.807, 2.05) is 12.1 Å². The van der Waals surface area contributed by atoms with E-state index in [4.69, 9.17) is 5.73 Å². The number of nitrogens with two attached hydrogens (primary N) is 1. The zero-order chi connectivity index (χ0) is 12.3. The predicted octanol–water partition coefficient (Wildman–Crippen LogP) is 1.27. The average molecular weight is 227 g/mol. The molecular weight excluding hydrogens is 214 g/mol. The van der Waals surface area contributed by atoms with Crippen molar-refractivity contribution in [2.24, 2.45) is 5.73 Å². The first-order valence-corrected chi connectivity index (χ1v) is 5.26. The Balaban J connectivity index is 2.59. The lowest BCUT2D eigenvalue weighted by atomic mass is 9.77. The summed E-state index contributed by atoms with van der Waals surface area (Å²) in [4.78, 5) is 19.8. The van der Waals surface area contributed by atoms with Gasteiger partial charge in [-0.1, -0.05) is 12.1 Å². The van der Waals surface area contributed by atoms with Gasteiger partial charge >= 0.3 is 0 Å². The second-order valence-electron chi connectivity index (χ2n) is 3.97. The van der Waals surface area contributed by atoms with Crippen molar-refractivity contribution in [3.63, 3.8) is 0 Å². The third-order valence-corrected chi connectivity index (χ3v) is 2.97. The van der Waals surface area contributed by atoms with Crippen LogP contribution in [0.25, 0.3) is 0 Å². The van der Waals surface area contributed by atoms with E-state index >= 15 is 0 Å². The Morgan fingerprint density at radius 1 is 1.12 bits per heavy atom. The van der Waals surface area contributed by atoms with Crippen molar-refractivity contribution in [2.75, 3.05) is 0 Å². The number of carbonyl (C=O) groups excluding carboxylic acids is 1. The molecule has 86 valence electrons. The number of aromatic nitrogens is 2. The smallest absolute Gasteiger partial charge is 0.232 e. The number of amides is 1. The molecule has 0 bridgehead atoms. The van der Waals surface area contributed by atoms with E-state index in [2.05, 4.69) is 9.97 Å². The van der Waals surface area contributed by atoms with Gasteiger partial charge in [-0.2, -0.15) is 0 Å². The summed E-state index contributed by atoms with van der Waals surface area (Å²) >= 11 is 0. The van der Waals surface area contributed by atoms with Crippen molar-refractivity contribution in [1.82, 2.24) is 9.97 Å². The van der Waals surface area contributed by atoms with Crippen molar-refractivity contribution in [3.05, 3.63) is 60.2 Å². The van der Waals surface area contributed by atoms with Gasteiger partial charge < -0.3 is 5.73 Å². The number of primary amides is 1. The van der Waals surface area contributed by atoms with Crippen molar-refractivity contribution < 1.29 is 4.79 Å². The molecule has 0 radical (unpaired) electrons. The maximum Gasteiger partial charge on any atom is 0.232 e. The minimum Gasteiger partial charge on any atom is -0.369 e. The molecule has 0 aliphatic rings. The minimum absolute atomic E-state index is 0.418. The fourth-order valence-electron chi connectivity index (χ4n) is 1.77. The normalized spacial score (nSPS) is 11.1. The van der Waals surface area contributed by atoms with Crippen LogP contribution in [0.1, 0.15) is 18.1 Å². The number of hydrogen-bond acceptors (Lipinski definition) is 3. The van der Waals surface area contributed by atoms with Gasteiger partial charge in [-0.05, 0) is 30.2 Å². The number of rotatable bonds is 3. The summed E-state index contributed by atoms with van der Waals surface area (Å²) in [7, 11) is 0. The van der Waals surface area contributed by atoms with Crippen LogP contribution < -0.4 is 5.73 Å². The maximum absolute atomic E-state index is 11.8. The van der Waals surface area contributed by atoms with E-state index < -0.39 is 11.3 Å². The second kappa shape index (κ2) is 4.33. The molecule has 1 amide bonds. The molecule has 0 saturated carbocycles. The van der Waals surface area contributed by atoms with Gasteiger partial charge in [0.15, 0.2) is 0 Å². The second-order valence-corrected chi connectivity index (χ2v) is 3.97. The first kappa shape index (κ1) is 11.3. The Kier molecular flexibility index (Phi) is 2.87. The monoisotopic (exact) mass is 227 g/mol. The molecule has 2 N–H and O–H groups in total. The zero-order valence-electron chi connectivity index (χ0n) is 9.50. The van der Waals surface area contributed by atoms with Crippen LogP contribution >= 0.6 is 0 Å². The van der Waals surface area contributed by atoms with E-state index in [1.54, 1.807) is 43.8 Å². The van der Waals surface area contributed by atoms with E-state index in [-0.39, 0.29) is 0 Å². The molecule has 2 heterocycles. The SMILES string of the molecule is CC(C(N)=O)(c1cccnc1)c1cccnc1. The van der Waals surface area contributed by atoms with Gasteiger partial charge in [0.2, 0.25) is 5.91 Å². The highest BCUT2D eigenvalue weighted by atomic mass is 16.1. The molecule has 0 unspecified atom stereocenters. The molecule has 0 atom stereocenters. The number of carbonyl (C=O) groups is 1. The Hall–Kier alpha value is -2.23. The van der Waals surface area contributed by atoms with Crippen molar-refractivity contribution in [1.29, 1.82) is 0 Å². The predicted molar refractivity (Wildman–Crippen MR) is 64.1 cm³/mol. The highest BCUT2D eigenvalue weighted by molar-refractivity contribution is 5.90. The molecule has 0 aliphatic carbocycles. The topological polar surface area (TPSA) is 68.9 Å². The van der Waals surface area contributed by atoms with E-state index in [0.29, 0.717) is 0 Å². The lowest BCUT2D eigenvalue weighted by Gasteiger charge is -2.26. The summed E-state index contributed by atoms with van der Waals surface area (Å²) in [5, 5.41) is 0. The molecule has 17 heavy (non-hydrogen) atoms. The molecule has 2 aromatic rings. The molecule has 4 heteroatoms. The van der Waals surface area contributed by atoms with E-state index in [1.165, 1.54) is 0 Å². The fourth-order valence-corrected chi connectivity index (χ4v) is 1.77. The average Bonchev–Trinajstić information content (AvgIpc) is 2.39. The summed E-state index contributed by atoms with van der Waals surface area (Å²) in [5.41, 5.74) is 6.17. The highest BCUT2D eigenvalue weighted by Crippen LogP contribution is 2.30. The van der Waals surface area contributed by atoms with Crippen LogP contribution in [0.4, 0.5) is 0 Å². The number of hydrogen-bond donors (Lipinski definition) is 1. The molecule has 2 rings (SSSR count). The van der Waals surface area contributed by atoms with Crippen LogP contribution in [0.5, 0.6) is 0 Å². The fraction of sp³-hybridized carbons (Fsp3) is 0.154. The number of nitrogens with zero attached hydrogens (tertiary/aromatic N) is 2. The van der Waals surface area contributed by atoms with Crippen LogP contribution in [0, 0.1) is 0 Å². The molecule has 4 nitrogen and oxygen atoms in total. The molecule has 0 saturated heterocycles. The largest absolute Gasteiger partial charge is 0.369 e. The lowest BCUT2D eigenvalue weighted by molar-refractivity contribution is -0.121. The van der Waals surface area contributed by atoms with Gasteiger partial charge in [0.25, 0.3) is 0 Å². The molecule has 0 aromatic carbocycles. The quantitative estimate of drug-likeness (QED) is 0.858. The first-order valence-electron chi connectivity index (χ1n) is 5.26. The third kappa shape index (κ3) is 1.89. The van der Waals surface area contributed by atoms with Gasteiger partial charge in [-0.25, -0.2) is 0 Å². The van der Waals surface area contributed by atoms with E-state index in [9.17, 15) is 4.79 Å². The van der Waals surface area contributed by atoms with Gasteiger partial charge in [-0.3, -0.25) is 14.8 Å². The molecule has 0 fully saturated rings. The molecule has 0 spiro atoms. The molecular formula is C13H13N3O. The van der Waals surface area contributed by atoms with Crippen LogP contribution in [-0.2, 0) is 10.2 Å². The minimum atomic E-state index is -0.900. The summed E-state index contributed by atoms with van der Waals surface area (Å²) in [6.07, 6.45) is 6.62. The Morgan fingerprint density at radius 2 is 1.59 bits per heavy atom. The Bertz CT molecular complexity index is 471. The summed E-state index contributed by atoms with van der Waals surface area (Å²) in [5.74, 6) is -0.418. The summed E-state index contributed by atoms with van der Waals surface area (Å²) < 4.78 is 0. The van der Waals surface area contributed by atoms with Crippen molar-refractivity contribution in [2.45, 2.75) is 12.3 Å². The Labute approximate surface area is 99.5 Å². The Morgan fingerprint density at radius 3 is 1.88 bits per heavy atom. The lowest BCUT2D eigenvalue weighted by Crippen LogP contribution is -2.39. The van der Waals surface area contributed by atoms with Gasteiger partial charge in [0.1, 0.15) is 0 Å². The van der Waals surface area contributed by atoms with Crippen LogP contribution in [0.2, 0.25) is 0 Å². The number of pyridine rings is 2. The van der Waals surface area contributed by atoms with Crippen molar-refractivity contribution in [3.8, 4) is 0 Å². The van der Waals surface area contributed by atoms with E-state index in [0.717, 1.165) is 11.1 Å². The van der Waals surface area contributed by atoms with Crippen LogP contribution in [-0.4, -0.2) is 15.9 Å². The third-order valence-electron chi connectivity index (χ3n) is 2.97. The van der Waals surface area contributed by atoms with Gasteiger partial charge in [-0.15, -0.1) is 0 Å². The summed E-state index contributed by atoms with van der Waals surface area (Å²) in [6, 6.07) is 7.25. The molecule has 2 aromatic heterocycles. The highest BCUT2D eigenvalue weighted by Gasteiger charge is 2.35.